The molecule has 0 radical (unpaired) electrons. The number of esters is 1. The monoisotopic (exact) mass is 651 g/mol. The number of amides is 1. The molecule has 5 aromatic carbocycles. The molecule has 228 valence electrons. The van der Waals surface area contributed by atoms with E-state index in [4.69, 9.17) is 14.7 Å². The first kappa shape index (κ1) is 30.0. The lowest BCUT2D eigenvalue weighted by Crippen LogP contribution is -2.19. The third-order valence-electron chi connectivity index (χ3n) is 7.09. The number of rotatable bonds is 9. The summed E-state index contributed by atoms with van der Waals surface area (Å²) in [6.07, 6.45) is 1.53. The number of thioether (sulfide) groups is 1. The molecule has 0 aliphatic heterocycles. The van der Waals surface area contributed by atoms with Crippen LogP contribution in [0.1, 0.15) is 15.9 Å². The van der Waals surface area contributed by atoms with Gasteiger partial charge in [0.25, 0.3) is 5.91 Å². The average Bonchev–Trinajstić information content (AvgIpc) is 3.55. The maximum absolute atomic E-state index is 13.1. The minimum atomic E-state index is -0.513. The Morgan fingerprint density at radius 2 is 1.38 bits per heavy atom. The maximum atomic E-state index is 13.1. The van der Waals surface area contributed by atoms with Gasteiger partial charge in [0.05, 0.1) is 50.2 Å². The molecule has 0 saturated heterocycles. The van der Waals surface area contributed by atoms with Crippen LogP contribution in [0.5, 0.6) is 5.75 Å². The van der Waals surface area contributed by atoms with Gasteiger partial charge in [-0.1, -0.05) is 84.6 Å². The Balaban J connectivity index is 0.995. The minimum Gasteiger partial charge on any atom is -0.423 e. The molecule has 0 unspecified atom stereocenters. The molecule has 7 rings (SSSR count). The van der Waals surface area contributed by atoms with Crippen molar-refractivity contribution in [2.75, 3.05) is 5.75 Å². The standard InChI is InChI=1S/C37H25N5O3S2/c43-33(23-46-37-41-30-13-7-8-14-32(30)47-37)42-38-22-24-15-18-28(19-16-24)45-36(44)27-17-20-29-31(21-27)40-35(26-11-5-2-6-12-26)34(39-29)25-9-3-1-4-10-25/h1-22H,23H2,(H,42,43)/b38-22-. The molecule has 0 aliphatic carbocycles. The number of hydrazone groups is 1. The smallest absolute Gasteiger partial charge is 0.343 e. The normalized spacial score (nSPS) is 11.2. The maximum Gasteiger partial charge on any atom is 0.343 e. The van der Waals surface area contributed by atoms with E-state index in [2.05, 4.69) is 15.5 Å². The number of hydrogen-bond acceptors (Lipinski definition) is 9. The molecule has 1 N–H and O–H groups in total. The van der Waals surface area contributed by atoms with Gasteiger partial charge in [-0.15, -0.1) is 11.3 Å². The highest BCUT2D eigenvalue weighted by molar-refractivity contribution is 8.01. The highest BCUT2D eigenvalue weighted by Crippen LogP contribution is 2.31. The van der Waals surface area contributed by atoms with Crippen LogP contribution in [-0.2, 0) is 4.79 Å². The lowest BCUT2D eigenvalue weighted by Gasteiger charge is -2.11. The van der Waals surface area contributed by atoms with E-state index in [1.807, 2.05) is 84.9 Å². The lowest BCUT2D eigenvalue weighted by molar-refractivity contribution is -0.118. The van der Waals surface area contributed by atoms with Crippen molar-refractivity contribution in [1.29, 1.82) is 0 Å². The number of carbonyl (C=O) groups is 2. The molecule has 1 amide bonds. The van der Waals surface area contributed by atoms with Crippen LogP contribution in [0.4, 0.5) is 0 Å². The first-order valence-electron chi connectivity index (χ1n) is 14.6. The molecule has 0 atom stereocenters. The second kappa shape index (κ2) is 13.7. The van der Waals surface area contributed by atoms with Crippen LogP contribution in [0.25, 0.3) is 43.8 Å². The summed E-state index contributed by atoms with van der Waals surface area (Å²) in [6, 6.07) is 39.7. The van der Waals surface area contributed by atoms with Crippen molar-refractivity contribution in [3.05, 3.63) is 139 Å². The second-order valence-electron chi connectivity index (χ2n) is 10.3. The molecule has 0 spiro atoms. The quantitative estimate of drug-likeness (QED) is 0.0554. The zero-order valence-electron chi connectivity index (χ0n) is 24.7. The fourth-order valence-corrected chi connectivity index (χ4v) is 6.68. The summed E-state index contributed by atoms with van der Waals surface area (Å²) in [5, 5.41) is 4.04. The molecule has 0 aliphatic rings. The van der Waals surface area contributed by atoms with Gasteiger partial charge in [-0.2, -0.15) is 5.10 Å². The van der Waals surface area contributed by atoms with Gasteiger partial charge >= 0.3 is 5.97 Å². The topological polar surface area (TPSA) is 106 Å². The second-order valence-corrected chi connectivity index (χ2v) is 12.6. The summed E-state index contributed by atoms with van der Waals surface area (Å²) in [7, 11) is 0. The molecule has 8 nitrogen and oxygen atoms in total. The Bertz CT molecular complexity index is 2210. The van der Waals surface area contributed by atoms with Crippen molar-refractivity contribution in [1.82, 2.24) is 20.4 Å². The van der Waals surface area contributed by atoms with Gasteiger partial charge in [-0.3, -0.25) is 4.79 Å². The van der Waals surface area contributed by atoms with Gasteiger partial charge in [-0.05, 0) is 60.2 Å². The fraction of sp³-hybridized carbons (Fsp3) is 0.0270. The van der Waals surface area contributed by atoms with E-state index in [0.717, 1.165) is 42.6 Å². The van der Waals surface area contributed by atoms with Crippen LogP contribution in [0, 0.1) is 0 Å². The van der Waals surface area contributed by atoms with Crippen molar-refractivity contribution >= 4 is 62.4 Å². The van der Waals surface area contributed by atoms with E-state index < -0.39 is 5.97 Å². The highest BCUT2D eigenvalue weighted by Gasteiger charge is 2.16. The third-order valence-corrected chi connectivity index (χ3v) is 9.27. The minimum absolute atomic E-state index is 0.203. The van der Waals surface area contributed by atoms with Gasteiger partial charge in [0.15, 0.2) is 4.34 Å². The number of para-hydroxylation sites is 1. The molecule has 10 heteroatoms. The number of fused-ring (bicyclic) bond motifs is 2. The zero-order valence-corrected chi connectivity index (χ0v) is 26.4. The zero-order chi connectivity index (χ0) is 32.0. The van der Waals surface area contributed by atoms with Crippen molar-refractivity contribution in [3.8, 4) is 28.3 Å². The van der Waals surface area contributed by atoms with Crippen molar-refractivity contribution in [2.24, 2.45) is 5.10 Å². The predicted molar refractivity (Wildman–Crippen MR) is 188 cm³/mol. The molecule has 7 aromatic rings. The van der Waals surface area contributed by atoms with Crippen molar-refractivity contribution < 1.29 is 14.3 Å². The van der Waals surface area contributed by atoms with E-state index in [0.29, 0.717) is 22.3 Å². The Labute approximate surface area is 278 Å². The molecule has 0 saturated carbocycles. The van der Waals surface area contributed by atoms with E-state index in [1.54, 1.807) is 53.8 Å². The summed E-state index contributed by atoms with van der Waals surface area (Å²) in [4.78, 5) is 39.7. The number of benzene rings is 5. The summed E-state index contributed by atoms with van der Waals surface area (Å²) < 4.78 is 7.56. The summed E-state index contributed by atoms with van der Waals surface area (Å²) in [5.41, 5.74) is 9.20. The number of nitrogens with zero attached hydrogens (tertiary/aromatic N) is 4. The average molecular weight is 652 g/mol. The van der Waals surface area contributed by atoms with E-state index >= 15 is 0 Å². The summed E-state index contributed by atoms with van der Waals surface area (Å²) >= 11 is 2.93. The van der Waals surface area contributed by atoms with Crippen molar-refractivity contribution in [2.45, 2.75) is 4.34 Å². The first-order chi connectivity index (χ1) is 23.1. The Kier molecular flexibility index (Phi) is 8.76. The van der Waals surface area contributed by atoms with Gasteiger partial charge in [0.2, 0.25) is 0 Å². The van der Waals surface area contributed by atoms with Gasteiger partial charge < -0.3 is 4.74 Å². The van der Waals surface area contributed by atoms with Gasteiger partial charge in [0, 0.05) is 11.1 Å². The third kappa shape index (κ3) is 7.09. The Morgan fingerprint density at radius 1 is 0.723 bits per heavy atom. The van der Waals surface area contributed by atoms with Gasteiger partial charge in [-0.25, -0.2) is 25.2 Å². The van der Waals surface area contributed by atoms with Crippen LogP contribution in [-0.4, -0.2) is 38.8 Å². The molecule has 0 fully saturated rings. The van der Waals surface area contributed by atoms with Crippen LogP contribution < -0.4 is 10.2 Å². The SMILES string of the molecule is O=C(CSc1nc2ccccc2s1)N/N=C\c1ccc(OC(=O)c2ccc3nc(-c4ccccc4)c(-c4ccccc4)nc3c2)cc1. The van der Waals surface area contributed by atoms with Crippen LogP contribution >= 0.6 is 23.1 Å². The van der Waals surface area contributed by atoms with Gasteiger partial charge in [0.1, 0.15) is 5.75 Å². The number of ether oxygens (including phenoxy) is 1. The van der Waals surface area contributed by atoms with E-state index in [-0.39, 0.29) is 11.7 Å². The largest absolute Gasteiger partial charge is 0.423 e. The highest BCUT2D eigenvalue weighted by atomic mass is 32.2. The Hall–Kier alpha value is -5.71. The summed E-state index contributed by atoms with van der Waals surface area (Å²) in [6.45, 7) is 0. The Morgan fingerprint density at radius 3 is 2.09 bits per heavy atom. The lowest BCUT2D eigenvalue weighted by atomic mass is 10.0. The van der Waals surface area contributed by atoms with Crippen LogP contribution in [0.2, 0.25) is 0 Å². The fourth-order valence-electron chi connectivity index (χ4n) is 4.81. The van der Waals surface area contributed by atoms with Crippen molar-refractivity contribution in [3.63, 3.8) is 0 Å². The molecular weight excluding hydrogens is 627 g/mol. The number of carbonyl (C=O) groups excluding carboxylic acids is 2. The van der Waals surface area contributed by atoms with Crippen LogP contribution in [0.3, 0.4) is 0 Å². The molecule has 47 heavy (non-hydrogen) atoms. The number of thiazole rings is 1. The van der Waals surface area contributed by atoms with Crippen LogP contribution in [0.15, 0.2) is 137 Å². The summed E-state index contributed by atoms with van der Waals surface area (Å²) in [5.74, 6) is -0.169. The number of nitrogens with one attached hydrogen (secondary N) is 1. The number of hydrogen-bond donors (Lipinski definition) is 1. The van der Waals surface area contributed by atoms with E-state index in [9.17, 15) is 9.59 Å². The number of aromatic nitrogens is 3. The molecule has 2 aromatic heterocycles. The molecule has 0 bridgehead atoms. The molecular formula is C37H25N5O3S2. The first-order valence-corrected chi connectivity index (χ1v) is 16.4. The van der Waals surface area contributed by atoms with E-state index in [1.165, 1.54) is 18.0 Å². The predicted octanol–water partition coefficient (Wildman–Crippen LogP) is 8.04. The molecule has 2 heterocycles.